The van der Waals surface area contributed by atoms with Gasteiger partial charge in [0, 0.05) is 59.9 Å². The summed E-state index contributed by atoms with van der Waals surface area (Å²) in [5.41, 5.74) is 3.14. The number of benzene rings is 2. The van der Waals surface area contributed by atoms with E-state index in [9.17, 15) is 19.2 Å². The van der Waals surface area contributed by atoms with Crippen molar-refractivity contribution in [2.45, 2.75) is 81.7 Å². The predicted molar refractivity (Wildman–Crippen MR) is 272 cm³/mol. The van der Waals surface area contributed by atoms with Gasteiger partial charge in [-0.05, 0) is 72.9 Å². The molecule has 3 saturated heterocycles. The summed E-state index contributed by atoms with van der Waals surface area (Å²) in [6, 6.07) is 14.9. The summed E-state index contributed by atoms with van der Waals surface area (Å²) in [6.07, 6.45) is 5.04. The number of nitrogens with zero attached hydrogens (tertiary/aromatic N) is 1. The first-order valence-corrected chi connectivity index (χ1v) is 26.4. The third-order valence-electron chi connectivity index (χ3n) is 12.3. The highest BCUT2D eigenvalue weighted by atomic mass is 35.5. The van der Waals surface area contributed by atoms with E-state index in [1.807, 2.05) is 54.8 Å². The smallest absolute Gasteiger partial charge is 0.315 e. The molecule has 70 heavy (non-hydrogen) atoms. The lowest BCUT2D eigenvalue weighted by atomic mass is 9.89. The fourth-order valence-corrected chi connectivity index (χ4v) is 10.0. The van der Waals surface area contributed by atoms with Crippen LogP contribution in [0.4, 0.5) is 4.79 Å². The van der Waals surface area contributed by atoms with Gasteiger partial charge in [-0.3, -0.25) is 14.4 Å². The quantitative estimate of drug-likeness (QED) is 0.0452. The molecule has 3 heterocycles. The van der Waals surface area contributed by atoms with Crippen LogP contribution in [0.15, 0.2) is 55.1 Å². The first-order valence-electron chi connectivity index (χ1n) is 25.0. The summed E-state index contributed by atoms with van der Waals surface area (Å²) in [6.45, 7) is 16.7. The molecule has 390 valence electrons. The molecule has 3 aliphatic rings. The van der Waals surface area contributed by atoms with Crippen LogP contribution in [0.5, 0.6) is 0 Å². The van der Waals surface area contributed by atoms with Gasteiger partial charge in [0.15, 0.2) is 0 Å². The second-order valence-corrected chi connectivity index (χ2v) is 19.5. The average Bonchev–Trinajstić information content (AvgIpc) is 3.93. The highest BCUT2D eigenvalue weighted by Gasteiger charge is 2.42. The van der Waals surface area contributed by atoms with Gasteiger partial charge in [0.25, 0.3) is 5.91 Å². The van der Waals surface area contributed by atoms with Crippen LogP contribution in [-0.4, -0.2) is 176 Å². The van der Waals surface area contributed by atoms with E-state index < -0.39 is 6.04 Å². The van der Waals surface area contributed by atoms with Gasteiger partial charge >= 0.3 is 6.03 Å². The second-order valence-electron chi connectivity index (χ2n) is 17.8. The van der Waals surface area contributed by atoms with E-state index in [0.29, 0.717) is 153 Å². The Kier molecular flexibility index (Phi) is 26.7. The molecule has 0 radical (unpaired) electrons. The van der Waals surface area contributed by atoms with Crippen molar-refractivity contribution in [3.05, 3.63) is 76.8 Å². The Balaban J connectivity index is 0.752. The van der Waals surface area contributed by atoms with Crippen molar-refractivity contribution in [2.24, 2.45) is 5.92 Å². The van der Waals surface area contributed by atoms with Gasteiger partial charge < -0.3 is 64.6 Å². The molecule has 0 aliphatic carbocycles. The normalized spacial score (nSPS) is 18.3. The van der Waals surface area contributed by atoms with Crippen molar-refractivity contribution in [2.75, 3.05) is 124 Å². The minimum absolute atomic E-state index is 0.0353. The number of amides is 5. The van der Waals surface area contributed by atoms with E-state index in [1.165, 1.54) is 5.56 Å². The predicted octanol–water partition coefficient (Wildman–Crippen LogP) is 5.02. The largest absolute Gasteiger partial charge is 0.383 e. The summed E-state index contributed by atoms with van der Waals surface area (Å²) < 4.78 is 39.0. The molecule has 2 aromatic carbocycles. The molecular weight excluding hydrogens is 940 g/mol. The summed E-state index contributed by atoms with van der Waals surface area (Å²) in [5, 5.41) is 16.3. The van der Waals surface area contributed by atoms with Crippen LogP contribution >= 0.6 is 23.4 Å². The van der Waals surface area contributed by atoms with Crippen molar-refractivity contribution >= 4 is 52.8 Å². The first-order chi connectivity index (χ1) is 34.1. The maximum atomic E-state index is 13.6. The fraction of sp³-hybridized carbons (Fsp3) is 0.647. The minimum atomic E-state index is -0.630. The molecule has 0 saturated carbocycles. The monoisotopic (exact) mass is 1020 g/mol. The maximum Gasteiger partial charge on any atom is 0.315 e. The molecule has 0 spiro atoms. The Morgan fingerprint density at radius 2 is 1.29 bits per heavy atom. The number of halogens is 1. The molecule has 0 bridgehead atoms. The van der Waals surface area contributed by atoms with E-state index in [4.69, 9.17) is 44.8 Å². The van der Waals surface area contributed by atoms with Crippen LogP contribution < -0.4 is 26.6 Å². The van der Waals surface area contributed by atoms with Crippen LogP contribution in [0, 0.1) is 5.92 Å². The fourth-order valence-electron chi connectivity index (χ4n) is 8.37. The number of hydrogen-bond acceptors (Lipinski definition) is 13. The number of ether oxygens (including phenoxy) is 7. The number of piperidine rings is 1. The lowest BCUT2D eigenvalue weighted by Gasteiger charge is -2.35. The molecule has 5 rings (SSSR count). The van der Waals surface area contributed by atoms with Crippen molar-refractivity contribution in [1.82, 2.24) is 31.5 Å². The standard InChI is InChI=1S/C51H77ClN6O11S/c1-37(2)47(50(61)58-19-15-40(16-20-58)39-11-13-43(52)14-12-39)56-49(60)42-8-6-7-41(35-42)38(3)53-17-21-63-23-25-65-27-29-67-31-33-69-34-32-68-30-28-66-26-24-64-22-18-54-46(59)10-5-4-9-45-48-44(36-70-45)55-51(62)57-48/h6-8,11-14,35,37,40,44-45,47-48,53H,3-5,9-10,15-34,36H2,1-2H3,(H,54,59)(H,56,60)(H2,55,57,62)/t44-,45-,47+,48-/m0/s1. The third kappa shape index (κ3) is 21.0. The SMILES string of the molecule is C=C(NCCOCCOCCOCCOCCOCCOCCOCCNC(=O)CCCC[C@@H]1SC[C@@H]2NC(=O)N[C@@H]21)c1cccc(C(=O)N[C@@H](C(=O)N2CCC(c3ccc(Cl)cc3)CC2)C(C)C)c1. The maximum absolute atomic E-state index is 13.6. The summed E-state index contributed by atoms with van der Waals surface area (Å²) >= 11 is 7.97. The van der Waals surface area contributed by atoms with E-state index in [2.05, 4.69) is 45.3 Å². The Hall–Kier alpha value is -3.98. The lowest BCUT2D eigenvalue weighted by molar-refractivity contribution is -0.135. The zero-order valence-electron chi connectivity index (χ0n) is 41.2. The van der Waals surface area contributed by atoms with Gasteiger partial charge in [-0.2, -0.15) is 11.8 Å². The second kappa shape index (κ2) is 32.9. The number of rotatable bonds is 36. The molecule has 17 nitrogen and oxygen atoms in total. The minimum Gasteiger partial charge on any atom is -0.383 e. The zero-order valence-corrected chi connectivity index (χ0v) is 42.8. The summed E-state index contributed by atoms with van der Waals surface area (Å²) in [4.78, 5) is 52.5. The van der Waals surface area contributed by atoms with Crippen molar-refractivity contribution in [1.29, 1.82) is 0 Å². The number of hydrogen-bond donors (Lipinski definition) is 5. The first kappa shape index (κ1) is 56.9. The highest BCUT2D eigenvalue weighted by molar-refractivity contribution is 8.00. The summed E-state index contributed by atoms with van der Waals surface area (Å²) in [5.74, 6) is 0.945. The number of carbonyl (C=O) groups is 4. The number of carbonyl (C=O) groups excluding carboxylic acids is 4. The molecule has 5 N–H and O–H groups in total. The van der Waals surface area contributed by atoms with Crippen molar-refractivity contribution < 1.29 is 52.3 Å². The van der Waals surface area contributed by atoms with Crippen molar-refractivity contribution in [3.8, 4) is 0 Å². The Morgan fingerprint density at radius 1 is 0.743 bits per heavy atom. The van der Waals surface area contributed by atoms with E-state index >= 15 is 0 Å². The molecule has 0 unspecified atom stereocenters. The number of likely N-dealkylation sites (tertiary alicyclic amines) is 1. The number of nitrogens with one attached hydrogen (secondary N) is 5. The van der Waals surface area contributed by atoms with Crippen LogP contribution in [0.3, 0.4) is 0 Å². The Bertz CT molecular complexity index is 1870. The van der Waals surface area contributed by atoms with Crippen LogP contribution in [0.25, 0.3) is 5.70 Å². The van der Waals surface area contributed by atoms with E-state index in [-0.39, 0.29) is 41.8 Å². The van der Waals surface area contributed by atoms with Gasteiger partial charge in [0.1, 0.15) is 6.04 Å². The number of urea groups is 1. The van der Waals surface area contributed by atoms with E-state index in [0.717, 1.165) is 43.4 Å². The zero-order chi connectivity index (χ0) is 49.8. The molecule has 3 fully saturated rings. The number of fused-ring (bicyclic) bond motifs is 1. The molecule has 0 aromatic heterocycles. The van der Waals surface area contributed by atoms with Crippen LogP contribution in [0.2, 0.25) is 5.02 Å². The molecule has 19 heteroatoms. The Labute approximate surface area is 423 Å². The average molecular weight is 1020 g/mol. The Morgan fingerprint density at radius 3 is 1.86 bits per heavy atom. The highest BCUT2D eigenvalue weighted by Crippen LogP contribution is 2.33. The lowest BCUT2D eigenvalue weighted by Crippen LogP contribution is -2.52. The van der Waals surface area contributed by atoms with Gasteiger partial charge in [-0.15, -0.1) is 0 Å². The topological polar surface area (TPSA) is 196 Å². The summed E-state index contributed by atoms with van der Waals surface area (Å²) in [7, 11) is 0. The van der Waals surface area contributed by atoms with Gasteiger partial charge in [0.2, 0.25) is 11.8 Å². The van der Waals surface area contributed by atoms with E-state index in [1.54, 1.807) is 12.1 Å². The molecular formula is C51H77ClN6O11S. The van der Waals surface area contributed by atoms with Gasteiger partial charge in [-0.1, -0.05) is 62.7 Å². The molecule has 5 amide bonds. The molecule has 3 aliphatic heterocycles. The van der Waals surface area contributed by atoms with Crippen LogP contribution in [-0.2, 0) is 42.7 Å². The van der Waals surface area contributed by atoms with Crippen molar-refractivity contribution in [3.63, 3.8) is 0 Å². The third-order valence-corrected chi connectivity index (χ3v) is 14.1. The number of thioether (sulfide) groups is 1. The van der Waals surface area contributed by atoms with Gasteiger partial charge in [-0.25, -0.2) is 4.79 Å². The number of unbranched alkanes of at least 4 members (excludes halogenated alkanes) is 1. The van der Waals surface area contributed by atoms with Gasteiger partial charge in [0.05, 0.1) is 105 Å². The molecule has 2 aromatic rings. The van der Waals surface area contributed by atoms with Crippen LogP contribution in [0.1, 0.15) is 79.8 Å². The molecule has 4 atom stereocenters.